The van der Waals surface area contributed by atoms with E-state index in [0.29, 0.717) is 36.8 Å². The summed E-state index contributed by atoms with van der Waals surface area (Å²) in [7, 11) is 0. The summed E-state index contributed by atoms with van der Waals surface area (Å²) in [5.41, 5.74) is 0.300. The van der Waals surface area contributed by atoms with Crippen molar-refractivity contribution >= 4 is 12.4 Å². The zero-order valence-electron chi connectivity index (χ0n) is 14.8. The van der Waals surface area contributed by atoms with Crippen molar-refractivity contribution in [2.24, 2.45) is 5.92 Å². The van der Waals surface area contributed by atoms with Crippen LogP contribution in [0.25, 0.3) is 0 Å². The van der Waals surface area contributed by atoms with Crippen molar-refractivity contribution < 1.29 is 23.8 Å². The van der Waals surface area contributed by atoms with E-state index >= 15 is 0 Å². The Morgan fingerprint density at radius 1 is 1.40 bits per heavy atom. The van der Waals surface area contributed by atoms with Crippen LogP contribution < -0.4 is 5.32 Å². The van der Waals surface area contributed by atoms with E-state index in [1.807, 2.05) is 0 Å². The highest BCUT2D eigenvalue weighted by atomic mass is 19.1. The van der Waals surface area contributed by atoms with Crippen molar-refractivity contribution in [3.63, 3.8) is 0 Å². The molecule has 1 saturated carbocycles. The highest BCUT2D eigenvalue weighted by molar-refractivity contribution is 5.69. The number of hydrogen-bond donors (Lipinski definition) is 2. The van der Waals surface area contributed by atoms with Gasteiger partial charge in [0, 0.05) is 5.92 Å². The number of aliphatic hydroxyl groups is 1. The Bertz CT molecular complexity index is 706. The largest absolute Gasteiger partial charge is 0.444 e. The fourth-order valence-electron chi connectivity index (χ4n) is 3.43. The summed E-state index contributed by atoms with van der Waals surface area (Å²) < 4.78 is 19.6. The van der Waals surface area contributed by atoms with E-state index in [4.69, 9.17) is 4.74 Å². The van der Waals surface area contributed by atoms with Gasteiger partial charge in [0.05, 0.1) is 5.54 Å². The fraction of sp³-hybridized carbons (Fsp3) is 0.579. The summed E-state index contributed by atoms with van der Waals surface area (Å²) in [4.78, 5) is 23.0. The number of alkyl carbamates (subject to hydrolysis) is 1. The molecule has 2 unspecified atom stereocenters. The van der Waals surface area contributed by atoms with Gasteiger partial charge in [-0.25, -0.2) is 9.18 Å². The van der Waals surface area contributed by atoms with Crippen LogP contribution >= 0.6 is 0 Å². The van der Waals surface area contributed by atoms with E-state index < -0.39 is 29.2 Å². The zero-order valence-corrected chi connectivity index (χ0v) is 14.8. The maximum absolute atomic E-state index is 14.4. The maximum atomic E-state index is 14.4. The number of amides is 1. The Morgan fingerprint density at radius 2 is 2.08 bits per heavy atom. The first-order valence-electron chi connectivity index (χ1n) is 8.59. The van der Waals surface area contributed by atoms with E-state index in [1.54, 1.807) is 26.8 Å². The molecule has 1 fully saturated rings. The Morgan fingerprint density at radius 3 is 2.64 bits per heavy atom. The van der Waals surface area contributed by atoms with Crippen molar-refractivity contribution in [1.82, 2.24) is 5.32 Å². The van der Waals surface area contributed by atoms with Gasteiger partial charge in [-0.3, -0.25) is 0 Å². The van der Waals surface area contributed by atoms with Gasteiger partial charge < -0.3 is 20.0 Å². The van der Waals surface area contributed by atoms with Gasteiger partial charge in [0.15, 0.2) is 0 Å². The van der Waals surface area contributed by atoms with Gasteiger partial charge >= 0.3 is 6.09 Å². The molecule has 1 aromatic carbocycles. The van der Waals surface area contributed by atoms with Crippen molar-refractivity contribution in [2.45, 2.75) is 63.7 Å². The fourth-order valence-corrected chi connectivity index (χ4v) is 3.43. The number of benzene rings is 1. The first-order valence-corrected chi connectivity index (χ1v) is 8.59. The summed E-state index contributed by atoms with van der Waals surface area (Å²) in [6.45, 7) is 5.30. The molecule has 2 aliphatic carbocycles. The van der Waals surface area contributed by atoms with Gasteiger partial charge in [-0.15, -0.1) is 0 Å². The van der Waals surface area contributed by atoms with E-state index in [0.717, 1.165) is 11.8 Å². The molecule has 0 heterocycles. The number of ether oxygens (including phenoxy) is 1. The standard InChI is InChI=1S/C19H24FNO4/c1-18(2,3)25-17(24)21-19(4-5-19)16(23)13-8-12-6-11(10-22)7-14(12)15(20)9-13/h8-11,16,23H,4-7H2,1-3H3,(H,21,24). The molecule has 2 aliphatic rings. The first-order chi connectivity index (χ1) is 11.6. The van der Waals surface area contributed by atoms with E-state index in [2.05, 4.69) is 5.32 Å². The van der Waals surface area contributed by atoms with Gasteiger partial charge in [0.1, 0.15) is 23.8 Å². The van der Waals surface area contributed by atoms with Crippen LogP contribution in [0.2, 0.25) is 0 Å². The third-order valence-electron chi connectivity index (χ3n) is 4.83. The highest BCUT2D eigenvalue weighted by Crippen LogP contribution is 2.47. The Balaban J connectivity index is 1.77. The van der Waals surface area contributed by atoms with Gasteiger partial charge in [-0.1, -0.05) is 6.07 Å². The molecule has 2 atom stereocenters. The molecule has 6 heteroatoms. The monoisotopic (exact) mass is 349 g/mol. The normalized spacial score (nSPS) is 22.0. The number of nitrogens with one attached hydrogen (secondary N) is 1. The van der Waals surface area contributed by atoms with Gasteiger partial charge in [-0.2, -0.15) is 0 Å². The molecule has 0 saturated heterocycles. The van der Waals surface area contributed by atoms with Crippen LogP contribution in [0.15, 0.2) is 12.1 Å². The molecule has 0 spiro atoms. The second-order valence-electron chi connectivity index (χ2n) is 8.13. The molecule has 0 bridgehead atoms. The number of carbonyl (C=O) groups excluding carboxylic acids is 2. The molecule has 1 aromatic rings. The minimum atomic E-state index is -1.02. The minimum Gasteiger partial charge on any atom is -0.444 e. The number of fused-ring (bicyclic) bond motifs is 1. The van der Waals surface area contributed by atoms with Gasteiger partial charge in [-0.05, 0) is 69.2 Å². The van der Waals surface area contributed by atoms with Gasteiger partial charge in [0.2, 0.25) is 0 Å². The topological polar surface area (TPSA) is 75.6 Å². The number of aliphatic hydroxyl groups excluding tert-OH is 1. The van der Waals surface area contributed by atoms with Crippen LogP contribution in [0, 0.1) is 11.7 Å². The molecule has 3 rings (SSSR count). The van der Waals surface area contributed by atoms with E-state index in [1.165, 1.54) is 6.07 Å². The third kappa shape index (κ3) is 3.68. The quantitative estimate of drug-likeness (QED) is 0.820. The van der Waals surface area contributed by atoms with Crippen molar-refractivity contribution in [1.29, 1.82) is 0 Å². The molecule has 5 nitrogen and oxygen atoms in total. The Kier molecular flexibility index (Phi) is 4.35. The average molecular weight is 349 g/mol. The van der Waals surface area contributed by atoms with Crippen molar-refractivity contribution in [3.8, 4) is 0 Å². The summed E-state index contributed by atoms with van der Waals surface area (Å²) >= 11 is 0. The minimum absolute atomic E-state index is 0.202. The van der Waals surface area contributed by atoms with E-state index in [9.17, 15) is 19.1 Å². The van der Waals surface area contributed by atoms with Crippen LogP contribution in [-0.2, 0) is 22.4 Å². The predicted molar refractivity (Wildman–Crippen MR) is 89.7 cm³/mol. The Hall–Kier alpha value is -1.95. The maximum Gasteiger partial charge on any atom is 0.408 e. The number of halogens is 1. The smallest absolute Gasteiger partial charge is 0.408 e. The third-order valence-corrected chi connectivity index (χ3v) is 4.83. The first kappa shape index (κ1) is 17.9. The summed E-state index contributed by atoms with van der Waals surface area (Å²) in [5, 5.41) is 13.5. The highest BCUT2D eigenvalue weighted by Gasteiger charge is 2.51. The molecule has 25 heavy (non-hydrogen) atoms. The predicted octanol–water partition coefficient (Wildman–Crippen LogP) is 2.83. The van der Waals surface area contributed by atoms with Gasteiger partial charge in [0.25, 0.3) is 0 Å². The number of rotatable bonds is 4. The van der Waals surface area contributed by atoms with Crippen molar-refractivity contribution in [2.75, 3.05) is 0 Å². The van der Waals surface area contributed by atoms with Crippen LogP contribution in [0.4, 0.5) is 9.18 Å². The second-order valence-corrected chi connectivity index (χ2v) is 8.13. The molecule has 2 N–H and O–H groups in total. The SMILES string of the molecule is CC(C)(C)OC(=O)NC1(C(O)c2cc(F)c3c(c2)CC(C=O)C3)CC1. The lowest BCUT2D eigenvalue weighted by Gasteiger charge is -2.27. The lowest BCUT2D eigenvalue weighted by Crippen LogP contribution is -2.44. The average Bonchev–Trinajstić information content (AvgIpc) is 3.14. The van der Waals surface area contributed by atoms with Crippen LogP contribution in [0.1, 0.15) is 56.4 Å². The lowest BCUT2D eigenvalue weighted by molar-refractivity contribution is -0.110. The second kappa shape index (κ2) is 6.09. The van der Waals surface area contributed by atoms with Crippen LogP contribution in [-0.4, -0.2) is 28.6 Å². The zero-order chi connectivity index (χ0) is 18.4. The summed E-state index contributed by atoms with van der Waals surface area (Å²) in [6.07, 6.45) is 1.33. The molecule has 0 radical (unpaired) electrons. The molecule has 0 aromatic heterocycles. The van der Waals surface area contributed by atoms with Crippen LogP contribution in [0.5, 0.6) is 0 Å². The molecule has 1 amide bonds. The molecule has 136 valence electrons. The van der Waals surface area contributed by atoms with E-state index in [-0.39, 0.29) is 5.92 Å². The molecular weight excluding hydrogens is 325 g/mol. The number of carbonyl (C=O) groups is 2. The Labute approximate surface area is 146 Å². The lowest BCUT2D eigenvalue weighted by atomic mass is 9.96. The molecule has 0 aliphatic heterocycles. The molecular formula is C19H24FNO4. The summed E-state index contributed by atoms with van der Waals surface area (Å²) in [6, 6.07) is 3.07. The van der Waals surface area contributed by atoms with Crippen LogP contribution in [0.3, 0.4) is 0 Å². The number of aldehydes is 1. The van der Waals surface area contributed by atoms with Crippen molar-refractivity contribution in [3.05, 3.63) is 34.6 Å². The summed E-state index contributed by atoms with van der Waals surface area (Å²) in [5.74, 6) is -0.601. The number of hydrogen-bond acceptors (Lipinski definition) is 4.